The van der Waals surface area contributed by atoms with Crippen LogP contribution in [0.4, 0.5) is 17.1 Å². The minimum Gasteiger partial charge on any atom is -0.479 e. The zero-order valence-electron chi connectivity index (χ0n) is 19.1. The number of aliphatic hydroxyl groups excluding tert-OH is 3. The fourth-order valence-corrected chi connectivity index (χ4v) is 5.19. The molecule has 2 unspecified atom stereocenters. The van der Waals surface area contributed by atoms with E-state index < -0.39 is 36.6 Å². The van der Waals surface area contributed by atoms with E-state index in [9.17, 15) is 25.2 Å². The van der Waals surface area contributed by atoms with E-state index in [2.05, 4.69) is 10.2 Å². The van der Waals surface area contributed by atoms with Crippen molar-refractivity contribution in [2.75, 3.05) is 38.5 Å². The molecule has 35 heavy (non-hydrogen) atoms. The summed E-state index contributed by atoms with van der Waals surface area (Å²) >= 11 is 6.24. The number of hydrogen-bond acceptors (Lipinski definition) is 8. The molecule has 5 atom stereocenters. The first kappa shape index (κ1) is 24.0. The van der Waals surface area contributed by atoms with Gasteiger partial charge in [0, 0.05) is 16.3 Å². The lowest BCUT2D eigenvalue weighted by Crippen LogP contribution is -2.72. The highest BCUT2D eigenvalue weighted by atomic mass is 35.5. The number of rotatable bonds is 2. The van der Waals surface area contributed by atoms with Gasteiger partial charge < -0.3 is 35.4 Å². The normalized spacial score (nSPS) is 29.8. The highest BCUT2D eigenvalue weighted by molar-refractivity contribution is 6.31. The van der Waals surface area contributed by atoms with Crippen molar-refractivity contribution in [2.24, 2.45) is 4.99 Å². The highest BCUT2D eigenvalue weighted by Crippen LogP contribution is 2.37. The molecule has 0 aromatic heterocycles. The van der Waals surface area contributed by atoms with Gasteiger partial charge in [0.1, 0.15) is 18.0 Å². The summed E-state index contributed by atoms with van der Waals surface area (Å²) in [7, 11) is 1.86. The molecule has 2 aromatic rings. The number of likely N-dealkylation sites (N-methyl/N-ethyl adjacent to an activating group) is 1. The number of benzene rings is 2. The Morgan fingerprint density at radius 2 is 1.80 bits per heavy atom. The minimum absolute atomic E-state index is 0.181. The molecule has 0 amide bonds. The second kappa shape index (κ2) is 9.05. The number of para-hydroxylation sites is 1. The van der Waals surface area contributed by atoms with E-state index in [0.29, 0.717) is 31.2 Å². The number of carbonyl (C=O) groups is 1. The number of quaternary nitrogens is 1. The maximum absolute atomic E-state index is 11.6. The molecule has 3 heterocycles. The third kappa shape index (κ3) is 4.26. The Labute approximate surface area is 207 Å². The van der Waals surface area contributed by atoms with Crippen LogP contribution >= 0.6 is 11.6 Å². The summed E-state index contributed by atoms with van der Waals surface area (Å²) in [5.74, 6) is -0.600. The first-order chi connectivity index (χ1) is 16.7. The molecule has 0 aliphatic carbocycles. The number of nitrogens with zero attached hydrogens (tertiary/aromatic N) is 3. The maximum atomic E-state index is 11.6. The smallest absolute Gasteiger partial charge is 0.335 e. The lowest BCUT2D eigenvalue weighted by molar-refractivity contribution is -0.964. The number of carboxylic acids is 1. The Morgan fingerprint density at radius 1 is 1.09 bits per heavy atom. The van der Waals surface area contributed by atoms with Crippen molar-refractivity contribution in [3.8, 4) is 0 Å². The number of nitrogens with one attached hydrogen (secondary N) is 1. The number of halogens is 1. The van der Waals surface area contributed by atoms with Gasteiger partial charge in [-0.2, -0.15) is 0 Å². The molecule has 0 radical (unpaired) electrons. The number of ether oxygens (including phenoxy) is 1. The SMILES string of the molecule is C[N+]1([C@@H]2O[C@H](C(=O)O)[C@@H](O)C(O)C2O)CCN(C2=Nc3cc(Cl)ccc3Nc3ccccc32)CC1. The summed E-state index contributed by atoms with van der Waals surface area (Å²) in [6.45, 7) is 2.08. The van der Waals surface area contributed by atoms with Crippen molar-refractivity contribution in [1.29, 1.82) is 0 Å². The van der Waals surface area contributed by atoms with Crippen molar-refractivity contribution in [2.45, 2.75) is 30.6 Å². The average Bonchev–Trinajstić information content (AvgIpc) is 2.99. The third-order valence-corrected chi connectivity index (χ3v) is 7.37. The van der Waals surface area contributed by atoms with Crippen molar-refractivity contribution < 1.29 is 34.4 Å². The summed E-state index contributed by atoms with van der Waals surface area (Å²) in [4.78, 5) is 18.7. The molecule has 11 heteroatoms. The molecule has 186 valence electrons. The number of carboxylic acid groups (broad SMARTS) is 1. The molecule has 0 bridgehead atoms. The molecule has 3 aliphatic rings. The lowest BCUT2D eigenvalue weighted by Gasteiger charge is -2.51. The van der Waals surface area contributed by atoms with Crippen molar-refractivity contribution in [3.63, 3.8) is 0 Å². The summed E-state index contributed by atoms with van der Waals surface area (Å²) in [5.41, 5.74) is 3.43. The molecule has 0 saturated carbocycles. The number of aliphatic imine (C=N–C) groups is 1. The number of fused-ring (bicyclic) bond motifs is 2. The number of aliphatic hydroxyl groups is 3. The number of hydrogen-bond donors (Lipinski definition) is 5. The van der Waals surface area contributed by atoms with E-state index in [1.807, 2.05) is 49.5 Å². The van der Waals surface area contributed by atoms with E-state index in [1.54, 1.807) is 0 Å². The largest absolute Gasteiger partial charge is 0.479 e. The van der Waals surface area contributed by atoms with Crippen LogP contribution in [0.5, 0.6) is 0 Å². The van der Waals surface area contributed by atoms with Crippen LogP contribution in [0, 0.1) is 0 Å². The van der Waals surface area contributed by atoms with Gasteiger partial charge in [0.25, 0.3) is 0 Å². The van der Waals surface area contributed by atoms with Crippen LogP contribution < -0.4 is 5.32 Å². The van der Waals surface area contributed by atoms with Crippen LogP contribution in [0.1, 0.15) is 5.56 Å². The third-order valence-electron chi connectivity index (χ3n) is 7.13. The van der Waals surface area contributed by atoms with Gasteiger partial charge in [0.15, 0.2) is 12.2 Å². The van der Waals surface area contributed by atoms with Crippen LogP contribution in [0.3, 0.4) is 0 Å². The molecule has 0 spiro atoms. The molecule has 3 aliphatic heterocycles. The van der Waals surface area contributed by atoms with Crippen molar-refractivity contribution in [1.82, 2.24) is 4.90 Å². The van der Waals surface area contributed by atoms with Crippen LogP contribution in [0.25, 0.3) is 0 Å². The Balaban J connectivity index is 1.42. The van der Waals surface area contributed by atoms with Crippen LogP contribution in [-0.4, -0.2) is 105 Å². The van der Waals surface area contributed by atoms with Gasteiger partial charge in [-0.25, -0.2) is 9.79 Å². The molecule has 5 rings (SSSR count). The molecular formula is C24H28ClN4O6+. The topological polar surface area (TPSA) is 135 Å². The molecule has 2 fully saturated rings. The average molecular weight is 504 g/mol. The molecule has 2 saturated heterocycles. The molecule has 2 aromatic carbocycles. The first-order valence-electron chi connectivity index (χ1n) is 11.4. The molecule has 5 N–H and O–H groups in total. The van der Waals surface area contributed by atoms with Crippen LogP contribution in [0.2, 0.25) is 5.02 Å². The van der Waals surface area contributed by atoms with Crippen molar-refractivity contribution >= 4 is 40.5 Å². The van der Waals surface area contributed by atoms with Gasteiger partial charge in [-0.05, 0) is 30.3 Å². The zero-order valence-corrected chi connectivity index (χ0v) is 19.8. The quantitative estimate of drug-likeness (QED) is 0.385. The van der Waals surface area contributed by atoms with Gasteiger partial charge in [-0.15, -0.1) is 0 Å². The monoisotopic (exact) mass is 503 g/mol. The van der Waals surface area contributed by atoms with Crippen LogP contribution in [0.15, 0.2) is 47.5 Å². The second-order valence-corrected chi connectivity index (χ2v) is 9.87. The summed E-state index contributed by atoms with van der Waals surface area (Å²) in [5, 5.41) is 44.4. The predicted octanol–water partition coefficient (Wildman–Crippen LogP) is 1.13. The number of aliphatic carboxylic acids is 1. The van der Waals surface area contributed by atoms with Gasteiger partial charge in [-0.1, -0.05) is 23.7 Å². The lowest BCUT2D eigenvalue weighted by atomic mass is 9.96. The van der Waals surface area contributed by atoms with Gasteiger partial charge in [0.2, 0.25) is 6.23 Å². The maximum Gasteiger partial charge on any atom is 0.335 e. The van der Waals surface area contributed by atoms with Gasteiger partial charge >= 0.3 is 5.97 Å². The fourth-order valence-electron chi connectivity index (χ4n) is 5.02. The summed E-state index contributed by atoms with van der Waals surface area (Å²) in [6, 6.07) is 13.4. The molecule has 10 nitrogen and oxygen atoms in total. The molecular weight excluding hydrogens is 476 g/mol. The van der Waals surface area contributed by atoms with Gasteiger partial charge in [-0.3, -0.25) is 4.48 Å². The minimum atomic E-state index is -1.71. The summed E-state index contributed by atoms with van der Waals surface area (Å²) in [6.07, 6.45) is -7.36. The van der Waals surface area contributed by atoms with E-state index in [0.717, 1.165) is 28.5 Å². The Bertz CT molecular complexity index is 1170. The first-order valence-corrected chi connectivity index (χ1v) is 11.8. The second-order valence-electron chi connectivity index (χ2n) is 9.44. The van der Waals surface area contributed by atoms with E-state index in [1.165, 1.54) is 0 Å². The van der Waals surface area contributed by atoms with Gasteiger partial charge in [0.05, 0.1) is 44.6 Å². The Morgan fingerprint density at radius 3 is 2.51 bits per heavy atom. The Hall–Kier alpha value is -2.73. The zero-order chi connectivity index (χ0) is 24.9. The van der Waals surface area contributed by atoms with Crippen molar-refractivity contribution in [3.05, 3.63) is 53.1 Å². The number of piperazine rings is 1. The van der Waals surface area contributed by atoms with E-state index >= 15 is 0 Å². The predicted molar refractivity (Wildman–Crippen MR) is 129 cm³/mol. The summed E-state index contributed by atoms with van der Waals surface area (Å²) < 4.78 is 5.82. The van der Waals surface area contributed by atoms with E-state index in [4.69, 9.17) is 21.3 Å². The Kier molecular flexibility index (Phi) is 6.20. The van der Waals surface area contributed by atoms with Crippen LogP contribution in [-0.2, 0) is 9.53 Å². The standard InChI is InChI=1S/C24H27ClN4O6/c1-29(23-20(32)18(30)19(31)21(35-23)24(33)34)10-8-28(9-11-29)22-14-4-2-3-5-15(14)26-16-7-6-13(25)12-17(16)27-22/h2-7,12,18-21,23,30-32H,8-11H2,1H3,(H-,26,27,33,34)/p+1/t18?,19-,20?,21-,23+/m0/s1. The number of anilines is 2. The number of amidine groups is 1. The van der Waals surface area contributed by atoms with E-state index in [-0.39, 0.29) is 4.48 Å². The fraction of sp³-hybridized carbons (Fsp3) is 0.417. The highest BCUT2D eigenvalue weighted by Gasteiger charge is 2.54.